The van der Waals surface area contributed by atoms with Gasteiger partial charge in [-0.3, -0.25) is 4.68 Å². The van der Waals surface area contributed by atoms with Gasteiger partial charge in [0, 0.05) is 22.7 Å². The van der Waals surface area contributed by atoms with E-state index in [2.05, 4.69) is 5.10 Å². The summed E-state index contributed by atoms with van der Waals surface area (Å²) in [6.07, 6.45) is 0.666. The van der Waals surface area contributed by atoms with Crippen molar-refractivity contribution in [3.05, 3.63) is 75.9 Å². The number of nitrogens with zero attached hydrogens (tertiary/aromatic N) is 2. The van der Waals surface area contributed by atoms with Crippen LogP contribution in [-0.2, 0) is 13.5 Å². The Morgan fingerprint density at radius 3 is 2.48 bits per heavy atom. The number of benzene rings is 2. The molecule has 0 aliphatic carbocycles. The van der Waals surface area contributed by atoms with Crippen molar-refractivity contribution >= 4 is 23.2 Å². The molecule has 1 atom stereocenters. The Labute approximate surface area is 145 Å². The van der Waals surface area contributed by atoms with Crippen LogP contribution in [0.5, 0.6) is 0 Å². The molecule has 3 aromatic rings. The molecule has 0 aliphatic heterocycles. The van der Waals surface area contributed by atoms with E-state index in [1.165, 1.54) is 0 Å². The number of hydrogen-bond acceptors (Lipinski definition) is 2. The van der Waals surface area contributed by atoms with E-state index < -0.39 is 0 Å². The van der Waals surface area contributed by atoms with Crippen molar-refractivity contribution in [2.24, 2.45) is 12.8 Å². The lowest BCUT2D eigenvalue weighted by Crippen LogP contribution is -2.17. The van der Waals surface area contributed by atoms with Crippen LogP contribution in [0.25, 0.3) is 11.3 Å². The van der Waals surface area contributed by atoms with Crippen LogP contribution < -0.4 is 5.73 Å². The van der Waals surface area contributed by atoms with E-state index in [1.54, 1.807) is 0 Å². The van der Waals surface area contributed by atoms with E-state index in [4.69, 9.17) is 28.9 Å². The van der Waals surface area contributed by atoms with Gasteiger partial charge in [-0.05, 0) is 36.2 Å². The Hall–Kier alpha value is -1.81. The molecule has 0 aliphatic rings. The summed E-state index contributed by atoms with van der Waals surface area (Å²) in [6.45, 7) is 0. The summed E-state index contributed by atoms with van der Waals surface area (Å²) in [5, 5.41) is 6.00. The minimum absolute atomic E-state index is 0.173. The predicted molar refractivity (Wildman–Crippen MR) is 95.7 cm³/mol. The average Bonchev–Trinajstić information content (AvgIpc) is 2.92. The highest BCUT2D eigenvalue weighted by Crippen LogP contribution is 2.26. The zero-order valence-corrected chi connectivity index (χ0v) is 14.2. The third-order valence-electron chi connectivity index (χ3n) is 3.83. The van der Waals surface area contributed by atoms with Gasteiger partial charge in [0.05, 0.1) is 17.4 Å². The van der Waals surface area contributed by atoms with Crippen molar-refractivity contribution in [1.82, 2.24) is 9.78 Å². The van der Waals surface area contributed by atoms with Crippen LogP contribution in [0.2, 0.25) is 10.0 Å². The molecule has 0 fully saturated rings. The summed E-state index contributed by atoms with van der Waals surface area (Å²) in [5.74, 6) is 0. The molecule has 0 saturated heterocycles. The van der Waals surface area contributed by atoms with E-state index in [-0.39, 0.29) is 6.04 Å². The highest BCUT2D eigenvalue weighted by Gasteiger charge is 2.15. The van der Waals surface area contributed by atoms with E-state index >= 15 is 0 Å². The van der Waals surface area contributed by atoms with Crippen LogP contribution in [0.3, 0.4) is 0 Å². The molecule has 2 aromatic carbocycles. The summed E-state index contributed by atoms with van der Waals surface area (Å²) in [5.41, 5.74) is 10.3. The first-order valence-corrected chi connectivity index (χ1v) is 8.09. The molecule has 1 heterocycles. The Bertz CT molecular complexity index is 809. The SMILES string of the molecule is Cn1nc(-c2ccc(Cl)cc2)cc1C(N)Cc1ccccc1Cl. The molecule has 3 rings (SSSR count). The van der Waals surface area contributed by atoms with Crippen molar-refractivity contribution in [2.75, 3.05) is 0 Å². The lowest BCUT2D eigenvalue weighted by atomic mass is 10.0. The quantitative estimate of drug-likeness (QED) is 0.748. The van der Waals surface area contributed by atoms with Crippen LogP contribution in [0.15, 0.2) is 54.6 Å². The van der Waals surface area contributed by atoms with E-state index in [9.17, 15) is 0 Å². The van der Waals surface area contributed by atoms with Gasteiger partial charge in [-0.1, -0.05) is 53.5 Å². The summed E-state index contributed by atoms with van der Waals surface area (Å²) >= 11 is 12.2. The van der Waals surface area contributed by atoms with E-state index in [0.29, 0.717) is 11.4 Å². The maximum atomic E-state index is 6.37. The molecule has 118 valence electrons. The van der Waals surface area contributed by atoms with Crippen LogP contribution in [-0.4, -0.2) is 9.78 Å². The highest BCUT2D eigenvalue weighted by molar-refractivity contribution is 6.31. The number of halogens is 2. The largest absolute Gasteiger partial charge is 0.322 e. The third kappa shape index (κ3) is 3.58. The molecule has 3 nitrogen and oxygen atoms in total. The number of nitrogens with two attached hydrogens (primary N) is 1. The van der Waals surface area contributed by atoms with Crippen LogP contribution in [0.4, 0.5) is 0 Å². The van der Waals surface area contributed by atoms with Crippen molar-refractivity contribution in [2.45, 2.75) is 12.5 Å². The van der Waals surface area contributed by atoms with Crippen molar-refractivity contribution in [1.29, 1.82) is 0 Å². The molecule has 0 radical (unpaired) electrons. The summed E-state index contributed by atoms with van der Waals surface area (Å²) in [7, 11) is 1.90. The van der Waals surface area contributed by atoms with Gasteiger partial charge in [-0.15, -0.1) is 0 Å². The Morgan fingerprint density at radius 1 is 1.09 bits per heavy atom. The highest BCUT2D eigenvalue weighted by atomic mass is 35.5. The predicted octanol–water partition coefficient (Wildman–Crippen LogP) is 4.64. The van der Waals surface area contributed by atoms with Gasteiger partial charge < -0.3 is 5.73 Å². The van der Waals surface area contributed by atoms with Crippen molar-refractivity contribution < 1.29 is 0 Å². The lowest BCUT2D eigenvalue weighted by molar-refractivity contribution is 0.618. The lowest BCUT2D eigenvalue weighted by Gasteiger charge is -2.12. The fourth-order valence-electron chi connectivity index (χ4n) is 2.60. The van der Waals surface area contributed by atoms with E-state index in [1.807, 2.05) is 66.3 Å². The van der Waals surface area contributed by atoms with E-state index in [0.717, 1.165) is 27.5 Å². The van der Waals surface area contributed by atoms with Gasteiger partial charge in [-0.2, -0.15) is 5.10 Å². The van der Waals surface area contributed by atoms with Gasteiger partial charge in [-0.25, -0.2) is 0 Å². The standard InChI is InChI=1S/C18H17Cl2N3/c1-23-18(16(21)10-13-4-2-3-5-15(13)20)11-17(22-23)12-6-8-14(19)9-7-12/h2-9,11,16H,10,21H2,1H3. The smallest absolute Gasteiger partial charge is 0.0926 e. The second-order valence-corrected chi connectivity index (χ2v) is 6.33. The third-order valence-corrected chi connectivity index (χ3v) is 4.45. The van der Waals surface area contributed by atoms with Crippen LogP contribution in [0, 0.1) is 0 Å². The summed E-state index contributed by atoms with van der Waals surface area (Å²) in [6, 6.07) is 17.2. The maximum Gasteiger partial charge on any atom is 0.0926 e. The number of hydrogen-bond donors (Lipinski definition) is 1. The van der Waals surface area contributed by atoms with Crippen LogP contribution >= 0.6 is 23.2 Å². The summed E-state index contributed by atoms with van der Waals surface area (Å²) in [4.78, 5) is 0. The van der Waals surface area contributed by atoms with Gasteiger partial charge in [0.15, 0.2) is 0 Å². The maximum absolute atomic E-state index is 6.37. The number of aromatic nitrogens is 2. The molecule has 0 bridgehead atoms. The Morgan fingerprint density at radius 2 is 1.78 bits per heavy atom. The molecule has 2 N–H and O–H groups in total. The van der Waals surface area contributed by atoms with Gasteiger partial charge in [0.1, 0.15) is 0 Å². The average molecular weight is 346 g/mol. The molecule has 1 aromatic heterocycles. The number of aryl methyl sites for hydroxylation is 1. The Kier molecular flexibility index (Phi) is 4.71. The van der Waals surface area contributed by atoms with Gasteiger partial charge >= 0.3 is 0 Å². The fraction of sp³-hybridized carbons (Fsp3) is 0.167. The second-order valence-electron chi connectivity index (χ2n) is 5.49. The first-order valence-electron chi connectivity index (χ1n) is 7.33. The zero-order chi connectivity index (χ0) is 16.4. The topological polar surface area (TPSA) is 43.8 Å². The first-order chi connectivity index (χ1) is 11.0. The minimum Gasteiger partial charge on any atom is -0.322 e. The zero-order valence-electron chi connectivity index (χ0n) is 12.7. The second kappa shape index (κ2) is 6.75. The molecule has 0 saturated carbocycles. The number of rotatable bonds is 4. The van der Waals surface area contributed by atoms with Crippen molar-refractivity contribution in [3.63, 3.8) is 0 Å². The van der Waals surface area contributed by atoms with Crippen molar-refractivity contribution in [3.8, 4) is 11.3 Å². The first kappa shape index (κ1) is 16.1. The molecule has 5 heteroatoms. The monoisotopic (exact) mass is 345 g/mol. The molecule has 0 amide bonds. The molecule has 1 unspecified atom stereocenters. The molecular formula is C18H17Cl2N3. The molecule has 0 spiro atoms. The minimum atomic E-state index is -0.173. The summed E-state index contributed by atoms with van der Waals surface area (Å²) < 4.78 is 1.82. The normalized spacial score (nSPS) is 12.3. The molecule has 23 heavy (non-hydrogen) atoms. The Balaban J connectivity index is 1.86. The van der Waals surface area contributed by atoms with Gasteiger partial charge in [0.2, 0.25) is 0 Å². The fourth-order valence-corrected chi connectivity index (χ4v) is 2.93. The van der Waals surface area contributed by atoms with Crippen LogP contribution in [0.1, 0.15) is 17.3 Å². The molecular weight excluding hydrogens is 329 g/mol. The van der Waals surface area contributed by atoms with Gasteiger partial charge in [0.25, 0.3) is 0 Å².